The maximum atomic E-state index is 13.8. The second-order valence-corrected chi connectivity index (χ2v) is 7.50. The number of benzene rings is 1. The number of rotatable bonds is 3. The van der Waals surface area contributed by atoms with Gasteiger partial charge in [0.25, 0.3) is 0 Å². The number of piperidine rings is 1. The minimum absolute atomic E-state index is 0.0258. The highest BCUT2D eigenvalue weighted by molar-refractivity contribution is 6.30. The fourth-order valence-corrected chi connectivity index (χ4v) is 3.81. The number of hydrogen-bond donors (Lipinski definition) is 1. The van der Waals surface area contributed by atoms with Crippen molar-refractivity contribution in [3.63, 3.8) is 0 Å². The SMILES string of the molecule is CC1(C(=O)O)CCCN(C(=O)[C@@H]2CCO[C@H]2c2ccc(Cl)c(F)c2)C1. The number of likely N-dealkylation sites (tertiary alicyclic amines) is 1. The number of amides is 1. The minimum atomic E-state index is -0.921. The minimum Gasteiger partial charge on any atom is -0.481 e. The van der Waals surface area contributed by atoms with Crippen molar-refractivity contribution in [2.75, 3.05) is 19.7 Å². The molecule has 1 unspecified atom stereocenters. The van der Waals surface area contributed by atoms with E-state index in [9.17, 15) is 19.1 Å². The smallest absolute Gasteiger partial charge is 0.311 e. The summed E-state index contributed by atoms with van der Waals surface area (Å²) in [5.74, 6) is -1.98. The number of hydrogen-bond acceptors (Lipinski definition) is 3. The number of nitrogens with zero attached hydrogens (tertiary/aromatic N) is 1. The third kappa shape index (κ3) is 3.51. The molecular weight excluding hydrogens is 349 g/mol. The van der Waals surface area contributed by atoms with Crippen molar-refractivity contribution in [1.82, 2.24) is 4.90 Å². The highest BCUT2D eigenvalue weighted by atomic mass is 35.5. The Hall–Kier alpha value is -1.66. The van der Waals surface area contributed by atoms with Crippen molar-refractivity contribution in [2.45, 2.75) is 32.3 Å². The highest BCUT2D eigenvalue weighted by Crippen LogP contribution is 2.38. The molecule has 1 N–H and O–H groups in total. The Kier molecular flexibility index (Phi) is 5.02. The van der Waals surface area contributed by atoms with Crippen LogP contribution in [0.25, 0.3) is 0 Å². The normalized spacial score (nSPS) is 29.6. The standard InChI is InChI=1S/C18H21ClFNO4/c1-18(17(23)24)6-2-7-21(10-18)16(22)12-5-8-25-15(12)11-3-4-13(19)14(20)9-11/h3-4,9,12,15H,2,5-8,10H2,1H3,(H,23,24)/t12-,15+,18?/m1/s1. The van der Waals surface area contributed by atoms with Gasteiger partial charge in [0.05, 0.1) is 22.5 Å². The molecule has 0 radical (unpaired) electrons. The fourth-order valence-electron chi connectivity index (χ4n) is 3.70. The van der Waals surface area contributed by atoms with E-state index in [1.54, 1.807) is 17.9 Å². The average Bonchev–Trinajstić information content (AvgIpc) is 3.06. The van der Waals surface area contributed by atoms with Gasteiger partial charge in [0.1, 0.15) is 5.82 Å². The Labute approximate surface area is 150 Å². The molecule has 1 aromatic rings. The number of carboxylic acid groups (broad SMARTS) is 1. The van der Waals surface area contributed by atoms with Gasteiger partial charge >= 0.3 is 5.97 Å². The predicted molar refractivity (Wildman–Crippen MR) is 89.8 cm³/mol. The van der Waals surface area contributed by atoms with Gasteiger partial charge in [-0.05, 0) is 43.9 Å². The Bertz CT molecular complexity index is 698. The van der Waals surface area contributed by atoms with Crippen LogP contribution in [-0.4, -0.2) is 41.6 Å². The molecule has 0 bridgehead atoms. The fraction of sp³-hybridized carbons (Fsp3) is 0.556. The Morgan fingerprint density at radius 3 is 2.88 bits per heavy atom. The quantitative estimate of drug-likeness (QED) is 0.888. The summed E-state index contributed by atoms with van der Waals surface area (Å²) in [5, 5.41) is 9.46. The van der Waals surface area contributed by atoms with Crippen LogP contribution in [-0.2, 0) is 14.3 Å². The Morgan fingerprint density at radius 2 is 2.20 bits per heavy atom. The van der Waals surface area contributed by atoms with Gasteiger partial charge in [0.15, 0.2) is 0 Å². The molecule has 2 heterocycles. The first kappa shape index (κ1) is 18.1. The number of ether oxygens (including phenoxy) is 1. The van der Waals surface area contributed by atoms with E-state index in [-0.39, 0.29) is 17.5 Å². The van der Waals surface area contributed by atoms with E-state index in [0.29, 0.717) is 38.0 Å². The second kappa shape index (κ2) is 6.92. The van der Waals surface area contributed by atoms with E-state index in [0.717, 1.165) is 0 Å². The van der Waals surface area contributed by atoms with E-state index in [1.165, 1.54) is 12.1 Å². The van der Waals surface area contributed by atoms with Gasteiger partial charge in [-0.2, -0.15) is 0 Å². The molecule has 1 amide bonds. The molecule has 2 aliphatic rings. The van der Waals surface area contributed by atoms with Gasteiger partial charge in [-0.25, -0.2) is 4.39 Å². The van der Waals surface area contributed by atoms with Gasteiger partial charge in [0.2, 0.25) is 5.91 Å². The van der Waals surface area contributed by atoms with Crippen LogP contribution in [0.1, 0.15) is 37.9 Å². The molecule has 2 saturated heterocycles. The molecule has 136 valence electrons. The molecule has 2 aliphatic heterocycles. The van der Waals surface area contributed by atoms with E-state index >= 15 is 0 Å². The summed E-state index contributed by atoms with van der Waals surface area (Å²) in [4.78, 5) is 26.1. The van der Waals surface area contributed by atoms with Crippen molar-refractivity contribution in [1.29, 1.82) is 0 Å². The molecule has 3 rings (SSSR count). The average molecular weight is 370 g/mol. The summed E-state index contributed by atoms with van der Waals surface area (Å²) in [6.07, 6.45) is 1.22. The summed E-state index contributed by atoms with van der Waals surface area (Å²) in [6.45, 7) is 2.82. The second-order valence-electron chi connectivity index (χ2n) is 7.09. The number of halogens is 2. The number of carbonyl (C=O) groups excluding carboxylic acids is 1. The zero-order chi connectivity index (χ0) is 18.2. The van der Waals surface area contributed by atoms with Crippen molar-refractivity contribution < 1.29 is 23.8 Å². The zero-order valence-corrected chi connectivity index (χ0v) is 14.8. The third-order valence-electron chi connectivity index (χ3n) is 5.21. The van der Waals surface area contributed by atoms with Crippen LogP contribution in [0.15, 0.2) is 18.2 Å². The van der Waals surface area contributed by atoms with E-state index in [2.05, 4.69) is 0 Å². The summed E-state index contributed by atoms with van der Waals surface area (Å²) >= 11 is 5.72. The van der Waals surface area contributed by atoms with Crippen molar-refractivity contribution in [3.8, 4) is 0 Å². The first-order valence-electron chi connectivity index (χ1n) is 8.40. The summed E-state index contributed by atoms with van der Waals surface area (Å²) in [6, 6.07) is 4.42. The van der Waals surface area contributed by atoms with Gasteiger partial charge in [-0.15, -0.1) is 0 Å². The van der Waals surface area contributed by atoms with Crippen LogP contribution >= 0.6 is 11.6 Å². The topological polar surface area (TPSA) is 66.8 Å². The van der Waals surface area contributed by atoms with Gasteiger partial charge in [-0.1, -0.05) is 17.7 Å². The number of aliphatic carboxylic acids is 1. The molecule has 0 aliphatic carbocycles. The van der Waals surface area contributed by atoms with Crippen molar-refractivity contribution >= 4 is 23.5 Å². The molecule has 7 heteroatoms. The maximum Gasteiger partial charge on any atom is 0.311 e. The Morgan fingerprint density at radius 1 is 1.44 bits per heavy atom. The number of carbonyl (C=O) groups is 2. The van der Waals surface area contributed by atoms with E-state index < -0.39 is 29.2 Å². The van der Waals surface area contributed by atoms with Crippen LogP contribution < -0.4 is 0 Å². The van der Waals surface area contributed by atoms with Gasteiger partial charge < -0.3 is 14.7 Å². The molecule has 0 saturated carbocycles. The molecule has 3 atom stereocenters. The maximum absolute atomic E-state index is 13.8. The lowest BCUT2D eigenvalue weighted by Gasteiger charge is -2.39. The predicted octanol–water partition coefficient (Wildman–Crippen LogP) is 3.27. The lowest BCUT2D eigenvalue weighted by atomic mass is 9.81. The van der Waals surface area contributed by atoms with Crippen LogP contribution in [0.2, 0.25) is 5.02 Å². The Balaban J connectivity index is 1.78. The lowest BCUT2D eigenvalue weighted by Crippen LogP contribution is -2.50. The van der Waals surface area contributed by atoms with Crippen LogP contribution in [0, 0.1) is 17.2 Å². The monoisotopic (exact) mass is 369 g/mol. The van der Waals surface area contributed by atoms with Gasteiger partial charge in [0, 0.05) is 19.7 Å². The first-order valence-corrected chi connectivity index (χ1v) is 8.78. The molecular formula is C18H21ClFNO4. The van der Waals surface area contributed by atoms with Gasteiger partial charge in [-0.3, -0.25) is 9.59 Å². The van der Waals surface area contributed by atoms with Crippen LogP contribution in [0.3, 0.4) is 0 Å². The van der Waals surface area contributed by atoms with Crippen LogP contribution in [0.4, 0.5) is 4.39 Å². The zero-order valence-electron chi connectivity index (χ0n) is 14.0. The van der Waals surface area contributed by atoms with Crippen LogP contribution in [0.5, 0.6) is 0 Å². The lowest BCUT2D eigenvalue weighted by molar-refractivity contribution is -0.154. The highest BCUT2D eigenvalue weighted by Gasteiger charge is 2.43. The summed E-state index contributed by atoms with van der Waals surface area (Å²) < 4.78 is 19.4. The van der Waals surface area contributed by atoms with E-state index in [1.807, 2.05) is 0 Å². The molecule has 0 aromatic heterocycles. The molecule has 2 fully saturated rings. The largest absolute Gasteiger partial charge is 0.481 e. The number of carboxylic acids is 1. The summed E-state index contributed by atoms with van der Waals surface area (Å²) in [5.41, 5.74) is -0.342. The summed E-state index contributed by atoms with van der Waals surface area (Å²) in [7, 11) is 0. The van der Waals surface area contributed by atoms with E-state index in [4.69, 9.17) is 16.3 Å². The van der Waals surface area contributed by atoms with Crippen molar-refractivity contribution in [3.05, 3.63) is 34.6 Å². The first-order chi connectivity index (χ1) is 11.8. The third-order valence-corrected chi connectivity index (χ3v) is 5.51. The molecule has 5 nitrogen and oxygen atoms in total. The molecule has 1 aromatic carbocycles. The molecule has 0 spiro atoms. The molecule has 25 heavy (non-hydrogen) atoms. The van der Waals surface area contributed by atoms with Crippen molar-refractivity contribution in [2.24, 2.45) is 11.3 Å².